The summed E-state index contributed by atoms with van der Waals surface area (Å²) in [5, 5.41) is 2.45. The van der Waals surface area contributed by atoms with Gasteiger partial charge in [0.2, 0.25) is 16.7 Å². The summed E-state index contributed by atoms with van der Waals surface area (Å²) < 4.78 is 2.32. The Morgan fingerprint density at radius 3 is 2.28 bits per heavy atom. The number of fused-ring (bicyclic) bond motifs is 3. The van der Waals surface area contributed by atoms with Gasteiger partial charge in [-0.2, -0.15) is 0 Å². The van der Waals surface area contributed by atoms with E-state index in [1.807, 2.05) is 6.07 Å². The van der Waals surface area contributed by atoms with E-state index in [1.54, 1.807) is 0 Å². The molecule has 0 unspecified atom stereocenters. The Hall–Kier alpha value is -3.17. The second-order valence-electron chi connectivity index (χ2n) is 7.60. The average molecular weight is 400 g/mol. The Bertz CT molecular complexity index is 1410. The van der Waals surface area contributed by atoms with Gasteiger partial charge in [-0.25, -0.2) is 4.98 Å². The van der Waals surface area contributed by atoms with Crippen molar-refractivity contribution in [2.75, 3.05) is 5.73 Å². The van der Waals surface area contributed by atoms with E-state index in [4.69, 9.17) is 10.7 Å². The first kappa shape index (κ1) is 19.2. The number of hydrogen-bond donors (Lipinski definition) is 1. The van der Waals surface area contributed by atoms with Crippen molar-refractivity contribution in [3.05, 3.63) is 83.4 Å². The lowest BCUT2D eigenvalue weighted by Gasteiger charge is -2.11. The molecule has 29 heavy (non-hydrogen) atoms. The molecule has 4 heteroatoms. The standard InChI is InChI=1S/C25H21N3.ClH/c1-15-12-21(26)24-22(13-15)28(25-17(3)9-8-16(2)23(25)27-24)20-11-10-18-6-4-5-7-19(18)14-20;/h4-14,26H,1-3H3;1H. The van der Waals surface area contributed by atoms with Gasteiger partial charge in [-0.05, 0) is 54.8 Å². The third-order valence-corrected chi connectivity index (χ3v) is 5.50. The second kappa shape index (κ2) is 7.02. The minimum atomic E-state index is 0. The molecule has 0 fully saturated rings. The summed E-state index contributed by atoms with van der Waals surface area (Å²) in [5.74, 6) is 0. The quantitative estimate of drug-likeness (QED) is 0.267. The van der Waals surface area contributed by atoms with E-state index in [9.17, 15) is 0 Å². The number of hydrogen-bond acceptors (Lipinski definition) is 2. The molecule has 0 aliphatic rings. The number of nitrogen functional groups attached to an aromatic ring is 1. The van der Waals surface area contributed by atoms with Gasteiger partial charge in [-0.3, -0.25) is 0 Å². The molecule has 4 aromatic carbocycles. The predicted octanol–water partition coefficient (Wildman–Crippen LogP) is 2.33. The number of benzene rings is 4. The van der Waals surface area contributed by atoms with Crippen LogP contribution < -0.4 is 22.7 Å². The highest BCUT2D eigenvalue weighted by Crippen LogP contribution is 2.27. The lowest BCUT2D eigenvalue weighted by molar-refractivity contribution is -0.538. The summed E-state index contributed by atoms with van der Waals surface area (Å²) in [4.78, 5) is 4.98. The molecule has 3 nitrogen and oxygen atoms in total. The molecule has 0 spiro atoms. The largest absolute Gasteiger partial charge is 1.00 e. The van der Waals surface area contributed by atoms with Crippen molar-refractivity contribution in [2.24, 2.45) is 0 Å². The molecule has 0 radical (unpaired) electrons. The molecule has 2 N–H and O–H groups in total. The van der Waals surface area contributed by atoms with Gasteiger partial charge in [0.1, 0.15) is 5.52 Å². The second-order valence-corrected chi connectivity index (χ2v) is 7.60. The van der Waals surface area contributed by atoms with E-state index in [1.165, 1.54) is 16.3 Å². The van der Waals surface area contributed by atoms with Crippen LogP contribution in [-0.4, -0.2) is 4.98 Å². The summed E-state index contributed by atoms with van der Waals surface area (Å²) in [7, 11) is 0. The highest BCUT2D eigenvalue weighted by atomic mass is 35.5. The molecule has 1 heterocycles. The predicted molar refractivity (Wildman–Crippen MR) is 117 cm³/mol. The van der Waals surface area contributed by atoms with Crippen LogP contribution in [0.25, 0.3) is 38.5 Å². The fourth-order valence-corrected chi connectivity index (χ4v) is 4.10. The zero-order valence-electron chi connectivity index (χ0n) is 16.7. The van der Waals surface area contributed by atoms with Gasteiger partial charge < -0.3 is 18.1 Å². The van der Waals surface area contributed by atoms with E-state index in [0.717, 1.165) is 38.9 Å². The topological polar surface area (TPSA) is 42.8 Å². The Balaban J connectivity index is 0.00000205. The monoisotopic (exact) mass is 399 g/mol. The van der Waals surface area contributed by atoms with Crippen LogP contribution in [0.3, 0.4) is 0 Å². The van der Waals surface area contributed by atoms with Crippen LogP contribution in [0.4, 0.5) is 5.69 Å². The normalized spacial score (nSPS) is 11.1. The van der Waals surface area contributed by atoms with E-state index < -0.39 is 0 Å². The van der Waals surface area contributed by atoms with E-state index in [-0.39, 0.29) is 12.4 Å². The van der Waals surface area contributed by atoms with Crippen LogP contribution in [0.2, 0.25) is 0 Å². The fraction of sp³-hybridized carbons (Fsp3) is 0.120. The third-order valence-electron chi connectivity index (χ3n) is 5.50. The molecule has 0 aliphatic carbocycles. The van der Waals surface area contributed by atoms with Gasteiger partial charge in [0, 0.05) is 23.8 Å². The van der Waals surface area contributed by atoms with Gasteiger partial charge >= 0.3 is 0 Å². The number of halogens is 1. The van der Waals surface area contributed by atoms with Gasteiger partial charge in [-0.1, -0.05) is 36.4 Å². The highest BCUT2D eigenvalue weighted by Gasteiger charge is 2.24. The lowest BCUT2D eigenvalue weighted by Crippen LogP contribution is -3.00. The minimum Gasteiger partial charge on any atom is -1.00 e. The van der Waals surface area contributed by atoms with Gasteiger partial charge in [-0.15, -0.1) is 4.57 Å². The molecule has 5 aromatic rings. The zero-order valence-corrected chi connectivity index (χ0v) is 17.5. The van der Waals surface area contributed by atoms with Crippen LogP contribution in [0.5, 0.6) is 0 Å². The van der Waals surface area contributed by atoms with Crippen LogP contribution in [-0.2, 0) is 0 Å². The molecule has 0 atom stereocenters. The number of nitrogens with two attached hydrogens (primary N) is 1. The van der Waals surface area contributed by atoms with Crippen LogP contribution in [0.1, 0.15) is 16.7 Å². The van der Waals surface area contributed by atoms with E-state index in [0.29, 0.717) is 5.69 Å². The molecule has 0 saturated heterocycles. The van der Waals surface area contributed by atoms with Crippen molar-refractivity contribution < 1.29 is 17.0 Å². The zero-order chi connectivity index (χ0) is 19.4. The Labute approximate surface area is 176 Å². The first-order valence-electron chi connectivity index (χ1n) is 9.54. The first-order valence-corrected chi connectivity index (χ1v) is 9.54. The number of rotatable bonds is 1. The third kappa shape index (κ3) is 2.99. The molecule has 0 amide bonds. The lowest BCUT2D eigenvalue weighted by atomic mass is 10.1. The van der Waals surface area contributed by atoms with Gasteiger partial charge in [0.15, 0.2) is 5.52 Å². The molecule has 144 valence electrons. The van der Waals surface area contributed by atoms with Crippen molar-refractivity contribution in [3.8, 4) is 5.69 Å². The van der Waals surface area contributed by atoms with Gasteiger partial charge in [0.05, 0.1) is 5.69 Å². The highest BCUT2D eigenvalue weighted by molar-refractivity contribution is 5.92. The first-order chi connectivity index (χ1) is 13.5. The van der Waals surface area contributed by atoms with Crippen LogP contribution >= 0.6 is 0 Å². The molecule has 5 rings (SSSR count). The molecule has 1 aromatic heterocycles. The maximum Gasteiger partial charge on any atom is 0.240 e. The molecule has 0 aliphatic heterocycles. The van der Waals surface area contributed by atoms with Crippen molar-refractivity contribution in [3.63, 3.8) is 0 Å². The summed E-state index contributed by atoms with van der Waals surface area (Å²) in [5.41, 5.74) is 15.7. The summed E-state index contributed by atoms with van der Waals surface area (Å²) >= 11 is 0. The molecular weight excluding hydrogens is 378 g/mol. The number of nitrogens with zero attached hydrogens (tertiary/aromatic N) is 2. The smallest absolute Gasteiger partial charge is 0.240 e. The maximum absolute atomic E-state index is 6.40. The molecular formula is C25H22ClN3. The van der Waals surface area contributed by atoms with Crippen molar-refractivity contribution >= 4 is 38.5 Å². The maximum atomic E-state index is 6.40. The number of anilines is 1. The van der Waals surface area contributed by atoms with E-state index in [2.05, 4.69) is 86.0 Å². The van der Waals surface area contributed by atoms with Crippen molar-refractivity contribution in [1.82, 2.24) is 4.98 Å². The van der Waals surface area contributed by atoms with Gasteiger partial charge in [0.25, 0.3) is 0 Å². The summed E-state index contributed by atoms with van der Waals surface area (Å²) in [6.07, 6.45) is 0. The Morgan fingerprint density at radius 2 is 1.48 bits per heavy atom. The fourth-order valence-electron chi connectivity index (χ4n) is 4.10. The summed E-state index contributed by atoms with van der Waals surface area (Å²) in [6.45, 7) is 6.33. The SMILES string of the molecule is Cc1cc(N)c2nc3c(C)ccc(C)c3[n+](-c3ccc4ccccc4c3)c2c1.[Cl-]. The van der Waals surface area contributed by atoms with Crippen molar-refractivity contribution in [1.29, 1.82) is 0 Å². The Morgan fingerprint density at radius 1 is 0.759 bits per heavy atom. The Kier molecular flexibility index (Phi) is 4.64. The number of aryl methyl sites for hydroxylation is 3. The van der Waals surface area contributed by atoms with E-state index >= 15 is 0 Å². The molecule has 0 bridgehead atoms. The number of aromatic nitrogens is 2. The summed E-state index contributed by atoms with van der Waals surface area (Å²) in [6, 6.07) is 23.5. The van der Waals surface area contributed by atoms with Crippen LogP contribution in [0.15, 0.2) is 66.7 Å². The average Bonchev–Trinajstić information content (AvgIpc) is 2.69. The minimum absolute atomic E-state index is 0. The van der Waals surface area contributed by atoms with Crippen molar-refractivity contribution in [2.45, 2.75) is 20.8 Å². The van der Waals surface area contributed by atoms with Crippen LogP contribution in [0, 0.1) is 20.8 Å². The molecule has 0 saturated carbocycles.